The second-order valence-electron chi connectivity index (χ2n) is 11.1. The third kappa shape index (κ3) is 7.85. The van der Waals surface area contributed by atoms with Crippen LogP contribution in [0.2, 0.25) is 0 Å². The molecule has 0 bridgehead atoms. The highest BCUT2D eigenvalue weighted by molar-refractivity contribution is 8.02. The van der Waals surface area contributed by atoms with Gasteiger partial charge in [0.15, 0.2) is 0 Å². The Bertz CT molecular complexity index is 1220. The Morgan fingerprint density at radius 2 is 1.77 bits per heavy atom. The molecule has 10 heteroatoms. The molecule has 0 aliphatic carbocycles. The zero-order valence-corrected chi connectivity index (χ0v) is 24.7. The first kappa shape index (κ1) is 32.1. The summed E-state index contributed by atoms with van der Waals surface area (Å²) < 4.78 is 61.7. The maximum Gasteiger partial charge on any atom is 0.389 e. The normalized spacial score (nSPS) is 17.8. The highest BCUT2D eigenvalue weighted by atomic mass is 32.2. The smallest absolute Gasteiger partial charge is 0.389 e. The number of piperidine rings is 1. The zero-order chi connectivity index (χ0) is 29.6. The van der Waals surface area contributed by atoms with Crippen molar-refractivity contribution < 1.29 is 31.6 Å². The number of carbonyl (C=O) groups excluding carboxylic acids is 1. The van der Waals surface area contributed by atoms with Crippen LogP contribution in [-0.4, -0.2) is 75.8 Å². The number of halogens is 3. The molecule has 0 amide bonds. The van der Waals surface area contributed by atoms with E-state index in [-0.39, 0.29) is 6.42 Å². The van der Waals surface area contributed by atoms with Crippen molar-refractivity contribution in [2.45, 2.75) is 80.7 Å². The van der Waals surface area contributed by atoms with Crippen molar-refractivity contribution in [2.75, 3.05) is 33.4 Å². The summed E-state index contributed by atoms with van der Waals surface area (Å²) in [5, 5.41) is 0. The van der Waals surface area contributed by atoms with Crippen LogP contribution in [0.3, 0.4) is 0 Å². The van der Waals surface area contributed by atoms with Gasteiger partial charge in [-0.05, 0) is 75.6 Å². The lowest BCUT2D eigenvalue weighted by molar-refractivity contribution is -0.161. The Balaban J connectivity index is 1.82. The number of hydrogen-bond acceptors (Lipinski definition) is 6. The minimum absolute atomic E-state index is 0.0147. The summed E-state index contributed by atoms with van der Waals surface area (Å²) in [7, 11) is -1.47. The number of hydrogen-bond donors (Lipinski definition) is 0. The molecule has 1 aliphatic rings. The van der Waals surface area contributed by atoms with E-state index in [9.17, 15) is 22.2 Å². The Hall–Kier alpha value is -2.43. The van der Waals surface area contributed by atoms with Gasteiger partial charge in [-0.2, -0.15) is 13.2 Å². The van der Waals surface area contributed by atoms with Gasteiger partial charge < -0.3 is 14.4 Å². The average Bonchev–Trinajstić information content (AvgIpc) is 2.91. The molecule has 2 aromatic rings. The van der Waals surface area contributed by atoms with Gasteiger partial charge in [-0.1, -0.05) is 25.1 Å². The minimum atomic E-state index is -4.16. The molecule has 0 N–H and O–H groups in total. The van der Waals surface area contributed by atoms with Crippen LogP contribution in [0.15, 0.2) is 47.5 Å². The van der Waals surface area contributed by atoms with Gasteiger partial charge in [-0.25, -0.2) is 0 Å². The maximum absolute atomic E-state index is 14.5. The summed E-state index contributed by atoms with van der Waals surface area (Å²) in [6, 6.07) is 10.6. The van der Waals surface area contributed by atoms with Crippen molar-refractivity contribution in [3.8, 4) is 11.3 Å². The first-order valence-corrected chi connectivity index (χ1v) is 15.4. The number of alkyl halides is 3. The molecule has 1 unspecified atom stereocenters. The third-order valence-electron chi connectivity index (χ3n) is 7.78. The summed E-state index contributed by atoms with van der Waals surface area (Å²) in [6.07, 6.45) is -1.75. The highest BCUT2D eigenvalue weighted by Gasteiger charge is 2.51. The fourth-order valence-electron chi connectivity index (χ4n) is 4.75. The van der Waals surface area contributed by atoms with Gasteiger partial charge >= 0.3 is 12.1 Å². The van der Waals surface area contributed by atoms with E-state index in [4.69, 9.17) is 9.47 Å². The van der Waals surface area contributed by atoms with Crippen molar-refractivity contribution in [1.82, 2.24) is 9.88 Å². The Labute approximate surface area is 236 Å². The van der Waals surface area contributed by atoms with Crippen molar-refractivity contribution in [3.05, 3.63) is 48.2 Å². The molecule has 0 spiro atoms. The van der Waals surface area contributed by atoms with E-state index in [2.05, 4.69) is 15.8 Å². The van der Waals surface area contributed by atoms with E-state index in [0.29, 0.717) is 56.0 Å². The summed E-state index contributed by atoms with van der Waals surface area (Å²) >= 11 is 0. The molecule has 40 heavy (non-hydrogen) atoms. The molecule has 1 atom stereocenters. The van der Waals surface area contributed by atoms with Crippen molar-refractivity contribution >= 4 is 21.4 Å². The molecule has 3 rings (SSSR count). The molecular formula is C30H41F3N2O4S. The minimum Gasteiger partial charge on any atom is -0.459 e. The second-order valence-corrected chi connectivity index (χ2v) is 13.7. The molecule has 1 aromatic heterocycles. The van der Waals surface area contributed by atoms with Crippen LogP contribution >= 0.6 is 0 Å². The molecule has 1 saturated heterocycles. The Morgan fingerprint density at radius 3 is 2.30 bits per heavy atom. The predicted octanol–water partition coefficient (Wildman–Crippen LogP) is 5.92. The number of benzene rings is 1. The average molecular weight is 583 g/mol. The number of aromatic nitrogens is 1. The van der Waals surface area contributed by atoms with E-state index in [1.54, 1.807) is 49.7 Å². The van der Waals surface area contributed by atoms with E-state index in [0.717, 1.165) is 17.7 Å². The monoisotopic (exact) mass is 582 g/mol. The summed E-state index contributed by atoms with van der Waals surface area (Å²) in [4.78, 5) is 20.8. The van der Waals surface area contributed by atoms with Crippen LogP contribution in [0.1, 0.15) is 58.4 Å². The van der Waals surface area contributed by atoms with Crippen LogP contribution < -0.4 is 0 Å². The number of methoxy groups -OCH3 is 1. The summed E-state index contributed by atoms with van der Waals surface area (Å²) in [5.74, 6) is 3.67. The van der Waals surface area contributed by atoms with E-state index in [1.807, 2.05) is 20.8 Å². The summed E-state index contributed by atoms with van der Waals surface area (Å²) in [5.41, 5.74) is 1.45. The Morgan fingerprint density at radius 1 is 1.12 bits per heavy atom. The van der Waals surface area contributed by atoms with Crippen molar-refractivity contribution in [1.29, 1.82) is 0 Å². The number of rotatable bonds is 12. The first-order chi connectivity index (χ1) is 18.7. The number of aryl methyl sites for hydroxylation is 1. The van der Waals surface area contributed by atoms with Gasteiger partial charge in [0, 0.05) is 59.3 Å². The van der Waals surface area contributed by atoms with Gasteiger partial charge in [0.25, 0.3) is 0 Å². The number of likely N-dealkylation sites (tertiary alicyclic amines) is 1. The van der Waals surface area contributed by atoms with Crippen molar-refractivity contribution in [2.24, 2.45) is 0 Å². The van der Waals surface area contributed by atoms with Crippen LogP contribution in [0.25, 0.3) is 11.3 Å². The van der Waals surface area contributed by atoms with Gasteiger partial charge in [-0.3, -0.25) is 14.0 Å². The topological polar surface area (TPSA) is 68.7 Å². The molecule has 222 valence electrons. The fourth-order valence-corrected chi connectivity index (χ4v) is 6.93. The van der Waals surface area contributed by atoms with Crippen LogP contribution in [0, 0.1) is 0 Å². The zero-order valence-electron chi connectivity index (χ0n) is 23.9. The lowest BCUT2D eigenvalue weighted by Gasteiger charge is -2.43. The Kier molecular flexibility index (Phi) is 10.5. The molecule has 0 radical (unpaired) electrons. The number of carbonyl (C=O) groups is 1. The van der Waals surface area contributed by atoms with Crippen molar-refractivity contribution in [3.63, 3.8) is 0 Å². The molecule has 1 aliphatic heterocycles. The first-order valence-electron chi connectivity index (χ1n) is 13.7. The third-order valence-corrected chi connectivity index (χ3v) is 10.7. The van der Waals surface area contributed by atoms with Gasteiger partial charge in [0.05, 0.1) is 12.3 Å². The van der Waals surface area contributed by atoms with Gasteiger partial charge in [0.2, 0.25) is 0 Å². The number of ether oxygens (including phenoxy) is 2. The molecule has 2 heterocycles. The van der Waals surface area contributed by atoms with Crippen LogP contribution in [-0.2, 0) is 30.2 Å². The maximum atomic E-state index is 14.5. The molecule has 6 nitrogen and oxygen atoms in total. The number of pyridine rings is 1. The molecule has 0 saturated carbocycles. The highest BCUT2D eigenvalue weighted by Crippen LogP contribution is 2.39. The lowest BCUT2D eigenvalue weighted by Crippen LogP contribution is -2.56. The fraction of sp³-hybridized carbons (Fsp3) is 0.567. The lowest BCUT2D eigenvalue weighted by atomic mass is 9.95. The van der Waals surface area contributed by atoms with Gasteiger partial charge in [-0.15, -0.1) is 0 Å². The SMILES string of the molecule is C=S(=O)(c1ccc(-c2ccc(CCCC(F)(F)F)cn2)cc1)C1(C(=O)OC(C)(C)CC)CCN(CCOC)CC1. The van der Waals surface area contributed by atoms with E-state index >= 15 is 0 Å². The largest absolute Gasteiger partial charge is 0.459 e. The van der Waals surface area contributed by atoms with E-state index < -0.39 is 38.4 Å². The number of esters is 1. The number of nitrogens with zero attached hydrogens (tertiary/aromatic N) is 2. The van der Waals surface area contributed by atoms with Gasteiger partial charge in [0.1, 0.15) is 10.3 Å². The molecule has 1 fully saturated rings. The summed E-state index contributed by atoms with van der Waals surface area (Å²) in [6.45, 7) is 8.09. The second kappa shape index (κ2) is 13.0. The molecular weight excluding hydrogens is 541 g/mol. The quantitative estimate of drug-likeness (QED) is 0.229. The predicted molar refractivity (Wildman–Crippen MR) is 153 cm³/mol. The van der Waals surface area contributed by atoms with Crippen LogP contribution in [0.5, 0.6) is 0 Å². The van der Waals surface area contributed by atoms with Crippen LogP contribution in [0.4, 0.5) is 13.2 Å². The standard InChI is InChI=1S/C30H41F3N2O4S/c1-6-28(2,3)39-27(36)29(16-18-35(19-17-29)20-21-38-4)40(5,37)25-12-10-24(11-13-25)26-14-9-23(22-34-26)8-7-15-30(31,32)33/h9-14,22H,5-8,15-21H2,1-4H3. The van der Waals surface area contributed by atoms with E-state index in [1.165, 1.54) is 0 Å². The molecule has 1 aromatic carbocycles.